The van der Waals surface area contributed by atoms with Crippen molar-refractivity contribution in [1.29, 1.82) is 0 Å². The number of carboxylic acid groups (broad SMARTS) is 1. The van der Waals surface area contributed by atoms with Crippen molar-refractivity contribution in [3.05, 3.63) is 35.9 Å². The molecule has 1 fully saturated rings. The first-order valence-electron chi connectivity index (χ1n) is 9.40. The van der Waals surface area contributed by atoms with Gasteiger partial charge in [0, 0.05) is 30.7 Å². The number of aliphatic carboxylic acids is 1. The molecule has 0 aromatic heterocycles. The number of Topliss-reactive ketones (excluding diaryl/α,β-unsaturated/α-hetero) is 2. The van der Waals surface area contributed by atoms with Crippen molar-refractivity contribution < 1.29 is 19.5 Å². The number of ketones is 2. The summed E-state index contributed by atoms with van der Waals surface area (Å²) in [6.45, 7) is 0. The van der Waals surface area contributed by atoms with Gasteiger partial charge in [-0.25, -0.2) is 0 Å². The van der Waals surface area contributed by atoms with Gasteiger partial charge < -0.3 is 5.11 Å². The molecule has 2 rings (SSSR count). The first-order chi connectivity index (χ1) is 12.1. The van der Waals surface area contributed by atoms with Crippen LogP contribution in [-0.4, -0.2) is 22.6 Å². The van der Waals surface area contributed by atoms with Gasteiger partial charge >= 0.3 is 5.97 Å². The molecule has 25 heavy (non-hydrogen) atoms. The van der Waals surface area contributed by atoms with Crippen molar-refractivity contribution >= 4 is 17.5 Å². The minimum Gasteiger partial charge on any atom is -0.481 e. The van der Waals surface area contributed by atoms with Crippen molar-refractivity contribution in [1.82, 2.24) is 0 Å². The highest BCUT2D eigenvalue weighted by Crippen LogP contribution is 2.36. The second kappa shape index (κ2) is 10.1. The van der Waals surface area contributed by atoms with Crippen molar-refractivity contribution in [2.45, 2.75) is 64.2 Å². The second-order valence-corrected chi connectivity index (χ2v) is 7.05. The predicted octanol–water partition coefficient (Wildman–Crippen LogP) is 4.67. The fraction of sp³-hybridized carbons (Fsp3) is 0.571. The monoisotopic (exact) mass is 344 g/mol. The summed E-state index contributed by atoms with van der Waals surface area (Å²) in [4.78, 5) is 34.9. The number of hydrogen-bond acceptors (Lipinski definition) is 3. The van der Waals surface area contributed by atoms with Crippen molar-refractivity contribution in [2.24, 2.45) is 11.8 Å². The van der Waals surface area contributed by atoms with Gasteiger partial charge in [-0.2, -0.15) is 0 Å². The minimum absolute atomic E-state index is 0.100. The number of unbranched alkanes of at least 4 members (excludes halogenated alkanes) is 3. The van der Waals surface area contributed by atoms with E-state index in [0.29, 0.717) is 31.0 Å². The number of benzene rings is 1. The maximum Gasteiger partial charge on any atom is 0.303 e. The molecule has 0 spiro atoms. The molecule has 1 aliphatic rings. The van der Waals surface area contributed by atoms with E-state index in [9.17, 15) is 14.4 Å². The summed E-state index contributed by atoms with van der Waals surface area (Å²) in [7, 11) is 0. The van der Waals surface area contributed by atoms with Gasteiger partial charge in [-0.15, -0.1) is 0 Å². The molecule has 2 atom stereocenters. The minimum atomic E-state index is -0.742. The topological polar surface area (TPSA) is 71.4 Å². The molecule has 1 aromatic carbocycles. The Kier molecular flexibility index (Phi) is 7.83. The standard InChI is InChI=1S/C21H28O4/c22-19(17-8-4-3-5-9-17)14-12-16-13-15-20(23)18(16)10-6-1-2-7-11-21(24)25/h3-5,8-9,16,18H,1-2,6-7,10-15H2,(H,24,25)/t16-,18+/m1/s1. The molecule has 1 saturated carbocycles. The summed E-state index contributed by atoms with van der Waals surface area (Å²) in [6.07, 6.45) is 7.54. The van der Waals surface area contributed by atoms with Gasteiger partial charge in [0.1, 0.15) is 5.78 Å². The lowest BCUT2D eigenvalue weighted by atomic mass is 9.86. The number of carboxylic acids is 1. The van der Waals surface area contributed by atoms with Crippen LogP contribution >= 0.6 is 0 Å². The Hall–Kier alpha value is -1.97. The molecule has 4 heteroatoms. The average Bonchev–Trinajstić information content (AvgIpc) is 2.96. The van der Waals surface area contributed by atoms with Crippen molar-refractivity contribution in [2.75, 3.05) is 0 Å². The van der Waals surface area contributed by atoms with Crippen LogP contribution in [0.15, 0.2) is 30.3 Å². The molecule has 0 heterocycles. The third kappa shape index (κ3) is 6.45. The quantitative estimate of drug-likeness (QED) is 0.468. The van der Waals surface area contributed by atoms with Gasteiger partial charge in [-0.1, -0.05) is 49.6 Å². The summed E-state index contributed by atoms with van der Waals surface area (Å²) in [5.41, 5.74) is 0.752. The number of carbonyl (C=O) groups excluding carboxylic acids is 2. The Bertz CT molecular complexity index is 579. The van der Waals surface area contributed by atoms with E-state index in [2.05, 4.69) is 0 Å². The zero-order chi connectivity index (χ0) is 18.1. The number of rotatable bonds is 11. The van der Waals surface area contributed by atoms with E-state index < -0.39 is 5.97 Å². The van der Waals surface area contributed by atoms with E-state index in [1.165, 1.54) is 0 Å². The van der Waals surface area contributed by atoms with Crippen LogP contribution in [0.1, 0.15) is 74.6 Å². The Morgan fingerprint density at radius 3 is 2.40 bits per heavy atom. The van der Waals surface area contributed by atoms with Crippen LogP contribution in [0, 0.1) is 11.8 Å². The van der Waals surface area contributed by atoms with Gasteiger partial charge in [0.05, 0.1) is 0 Å². The van der Waals surface area contributed by atoms with Gasteiger partial charge in [-0.05, 0) is 31.6 Å². The fourth-order valence-electron chi connectivity index (χ4n) is 3.80. The lowest BCUT2D eigenvalue weighted by Gasteiger charge is -2.18. The molecule has 1 N–H and O–H groups in total. The molecular formula is C21H28O4. The zero-order valence-electron chi connectivity index (χ0n) is 14.8. The summed E-state index contributed by atoms with van der Waals surface area (Å²) in [5.74, 6) is 0.200. The van der Waals surface area contributed by atoms with E-state index in [-0.39, 0.29) is 18.1 Å². The summed E-state index contributed by atoms with van der Waals surface area (Å²) in [6, 6.07) is 9.34. The zero-order valence-corrected chi connectivity index (χ0v) is 14.8. The molecule has 1 aliphatic carbocycles. The maximum absolute atomic E-state index is 12.2. The normalized spacial score (nSPS) is 19.9. The van der Waals surface area contributed by atoms with E-state index in [4.69, 9.17) is 5.11 Å². The Morgan fingerprint density at radius 1 is 0.960 bits per heavy atom. The molecule has 136 valence electrons. The third-order valence-corrected chi connectivity index (χ3v) is 5.24. The molecule has 1 aromatic rings. The van der Waals surface area contributed by atoms with Crippen LogP contribution in [0.25, 0.3) is 0 Å². The van der Waals surface area contributed by atoms with Crippen LogP contribution < -0.4 is 0 Å². The largest absolute Gasteiger partial charge is 0.481 e. The molecule has 0 aliphatic heterocycles. The Balaban J connectivity index is 1.71. The lowest BCUT2D eigenvalue weighted by Crippen LogP contribution is -2.16. The highest BCUT2D eigenvalue weighted by atomic mass is 16.4. The van der Waals surface area contributed by atoms with Crippen LogP contribution in [0.5, 0.6) is 0 Å². The first-order valence-corrected chi connectivity index (χ1v) is 9.40. The summed E-state index contributed by atoms with van der Waals surface area (Å²) >= 11 is 0. The smallest absolute Gasteiger partial charge is 0.303 e. The van der Waals surface area contributed by atoms with Crippen LogP contribution in [0.2, 0.25) is 0 Å². The molecular weight excluding hydrogens is 316 g/mol. The van der Waals surface area contributed by atoms with Crippen LogP contribution in [-0.2, 0) is 9.59 Å². The predicted molar refractivity (Wildman–Crippen MR) is 96.6 cm³/mol. The van der Waals surface area contributed by atoms with E-state index in [0.717, 1.165) is 44.1 Å². The maximum atomic E-state index is 12.2. The molecule has 0 amide bonds. The molecule has 0 bridgehead atoms. The van der Waals surface area contributed by atoms with Crippen LogP contribution in [0.4, 0.5) is 0 Å². The Labute approximate surface area is 149 Å². The third-order valence-electron chi connectivity index (χ3n) is 5.24. The first kappa shape index (κ1) is 19.4. The van der Waals surface area contributed by atoms with E-state index in [1.807, 2.05) is 30.3 Å². The summed E-state index contributed by atoms with van der Waals surface area (Å²) in [5, 5.41) is 8.63. The second-order valence-electron chi connectivity index (χ2n) is 7.05. The summed E-state index contributed by atoms with van der Waals surface area (Å²) < 4.78 is 0. The van der Waals surface area contributed by atoms with Gasteiger partial charge in [0.15, 0.2) is 5.78 Å². The Morgan fingerprint density at radius 2 is 1.68 bits per heavy atom. The fourth-order valence-corrected chi connectivity index (χ4v) is 3.80. The van der Waals surface area contributed by atoms with Gasteiger partial charge in [0.2, 0.25) is 0 Å². The van der Waals surface area contributed by atoms with Gasteiger partial charge in [-0.3, -0.25) is 14.4 Å². The number of carbonyl (C=O) groups is 3. The number of hydrogen-bond donors (Lipinski definition) is 1. The molecule has 4 nitrogen and oxygen atoms in total. The van der Waals surface area contributed by atoms with Crippen LogP contribution in [0.3, 0.4) is 0 Å². The average molecular weight is 344 g/mol. The van der Waals surface area contributed by atoms with E-state index >= 15 is 0 Å². The van der Waals surface area contributed by atoms with E-state index in [1.54, 1.807) is 0 Å². The SMILES string of the molecule is O=C(O)CCCCCC[C@@H]1C(=O)CC[C@H]1CCC(=O)c1ccccc1. The van der Waals surface area contributed by atoms with Crippen molar-refractivity contribution in [3.63, 3.8) is 0 Å². The lowest BCUT2D eigenvalue weighted by molar-refractivity contribution is -0.137. The van der Waals surface area contributed by atoms with Crippen molar-refractivity contribution in [3.8, 4) is 0 Å². The molecule has 0 radical (unpaired) electrons. The highest BCUT2D eigenvalue weighted by Gasteiger charge is 2.33. The highest BCUT2D eigenvalue weighted by molar-refractivity contribution is 5.96. The van der Waals surface area contributed by atoms with Gasteiger partial charge in [0.25, 0.3) is 0 Å². The molecule has 0 saturated heterocycles. The molecule has 0 unspecified atom stereocenters.